The van der Waals surface area contributed by atoms with Gasteiger partial charge in [-0.1, -0.05) is 17.7 Å². The summed E-state index contributed by atoms with van der Waals surface area (Å²) in [7, 11) is 1.53. The number of amides is 2. The van der Waals surface area contributed by atoms with Crippen molar-refractivity contribution in [2.75, 3.05) is 25.5 Å². The Kier molecular flexibility index (Phi) is 5.33. The number of rotatable bonds is 4. The molecule has 1 N–H and O–H groups in total. The number of anilines is 1. The van der Waals surface area contributed by atoms with E-state index in [1.165, 1.54) is 13.3 Å². The maximum Gasteiger partial charge on any atom is 0.321 e. The molecule has 25 heavy (non-hydrogen) atoms. The Balaban J connectivity index is 1.58. The fourth-order valence-electron chi connectivity index (χ4n) is 2.72. The molecule has 1 atom stereocenters. The molecular weight excluding hydrogens is 320 g/mol. The van der Waals surface area contributed by atoms with Crippen LogP contribution < -0.4 is 14.8 Å². The third kappa shape index (κ3) is 4.59. The molecule has 3 rings (SSSR count). The van der Waals surface area contributed by atoms with E-state index >= 15 is 0 Å². The number of benzene rings is 1. The molecule has 0 bridgehead atoms. The Labute approximate surface area is 147 Å². The number of methoxy groups -OCH3 is 1. The first-order valence-electron chi connectivity index (χ1n) is 8.29. The summed E-state index contributed by atoms with van der Waals surface area (Å²) in [6.45, 7) is 3.23. The predicted molar refractivity (Wildman–Crippen MR) is 94.0 cm³/mol. The van der Waals surface area contributed by atoms with E-state index in [0.717, 1.165) is 24.1 Å². The Bertz CT molecular complexity index is 721. The van der Waals surface area contributed by atoms with Gasteiger partial charge < -0.3 is 19.7 Å². The molecule has 2 aromatic rings. The maximum absolute atomic E-state index is 12.5. The summed E-state index contributed by atoms with van der Waals surface area (Å²) in [6.07, 6.45) is 4.71. The molecule has 2 heterocycles. The zero-order valence-electron chi connectivity index (χ0n) is 14.4. The van der Waals surface area contributed by atoms with Crippen molar-refractivity contribution in [1.29, 1.82) is 0 Å². The summed E-state index contributed by atoms with van der Waals surface area (Å²) in [5, 5.41) is 2.92. The van der Waals surface area contributed by atoms with Gasteiger partial charge in [0.1, 0.15) is 6.10 Å². The summed E-state index contributed by atoms with van der Waals surface area (Å²) < 4.78 is 10.9. The number of carbonyl (C=O) groups is 1. The molecule has 0 aliphatic carbocycles. The highest BCUT2D eigenvalue weighted by Crippen LogP contribution is 2.19. The highest BCUT2D eigenvalue weighted by Gasteiger charge is 2.25. The number of hydrogen-bond acceptors (Lipinski definition) is 5. The molecule has 1 unspecified atom stereocenters. The first-order valence-corrected chi connectivity index (χ1v) is 8.29. The third-order valence-electron chi connectivity index (χ3n) is 4.06. The lowest BCUT2D eigenvalue weighted by Gasteiger charge is -2.32. The van der Waals surface area contributed by atoms with Gasteiger partial charge in [-0.25, -0.2) is 4.79 Å². The Hall–Kier alpha value is -2.83. The highest BCUT2D eigenvalue weighted by atomic mass is 16.5. The summed E-state index contributed by atoms with van der Waals surface area (Å²) in [5.74, 6) is 0.812. The number of piperidine rings is 1. The van der Waals surface area contributed by atoms with Gasteiger partial charge in [0, 0.05) is 12.2 Å². The number of carbonyl (C=O) groups excluding carboxylic acids is 1. The number of nitrogens with zero attached hydrogens (tertiary/aromatic N) is 3. The van der Waals surface area contributed by atoms with Crippen molar-refractivity contribution >= 4 is 11.7 Å². The monoisotopic (exact) mass is 342 g/mol. The zero-order chi connectivity index (χ0) is 17.6. The average molecular weight is 342 g/mol. The number of hydrogen-bond donors (Lipinski definition) is 1. The lowest BCUT2D eigenvalue weighted by molar-refractivity contribution is 0.101. The van der Waals surface area contributed by atoms with Gasteiger partial charge in [-0.3, -0.25) is 4.98 Å². The predicted octanol–water partition coefficient (Wildman–Crippen LogP) is 2.87. The Morgan fingerprint density at radius 1 is 1.24 bits per heavy atom. The second-order valence-electron chi connectivity index (χ2n) is 6.02. The normalized spacial score (nSPS) is 17.0. The molecule has 2 amide bonds. The second-order valence-corrected chi connectivity index (χ2v) is 6.02. The van der Waals surface area contributed by atoms with Crippen LogP contribution in [0, 0.1) is 6.92 Å². The molecule has 1 saturated heterocycles. The molecule has 0 radical (unpaired) electrons. The highest BCUT2D eigenvalue weighted by molar-refractivity contribution is 5.89. The SMILES string of the molecule is COc1cncc(OC2CCCN(C(=O)Nc3ccc(C)cc3)C2)n1. The van der Waals surface area contributed by atoms with Gasteiger partial charge in [0.25, 0.3) is 0 Å². The van der Waals surface area contributed by atoms with E-state index in [4.69, 9.17) is 9.47 Å². The van der Waals surface area contributed by atoms with Crippen molar-refractivity contribution in [3.05, 3.63) is 42.2 Å². The van der Waals surface area contributed by atoms with Gasteiger partial charge in [0.05, 0.1) is 26.0 Å². The molecular formula is C18H22N4O3. The number of likely N-dealkylation sites (tertiary alicyclic amines) is 1. The van der Waals surface area contributed by atoms with E-state index < -0.39 is 0 Å². The molecule has 1 fully saturated rings. The number of aryl methyl sites for hydroxylation is 1. The van der Waals surface area contributed by atoms with Crippen molar-refractivity contribution in [3.8, 4) is 11.8 Å². The number of ether oxygens (including phenoxy) is 2. The number of urea groups is 1. The van der Waals surface area contributed by atoms with Crippen LogP contribution in [-0.4, -0.2) is 47.2 Å². The van der Waals surface area contributed by atoms with E-state index in [0.29, 0.717) is 24.8 Å². The Morgan fingerprint density at radius 2 is 2.00 bits per heavy atom. The lowest BCUT2D eigenvalue weighted by Crippen LogP contribution is -2.46. The van der Waals surface area contributed by atoms with Crippen LogP contribution >= 0.6 is 0 Å². The fourth-order valence-corrected chi connectivity index (χ4v) is 2.72. The van der Waals surface area contributed by atoms with Gasteiger partial charge in [-0.2, -0.15) is 4.98 Å². The van der Waals surface area contributed by atoms with E-state index in [-0.39, 0.29) is 12.1 Å². The smallest absolute Gasteiger partial charge is 0.321 e. The fraction of sp³-hybridized carbons (Fsp3) is 0.389. The van der Waals surface area contributed by atoms with Crippen LogP contribution in [0.2, 0.25) is 0 Å². The standard InChI is InChI=1S/C18H22N4O3/c1-13-5-7-14(8-6-13)20-18(23)22-9-3-4-15(12-22)25-17-11-19-10-16(21-17)24-2/h5-8,10-11,15H,3-4,9,12H2,1-2H3,(H,20,23). The molecule has 1 aliphatic rings. The van der Waals surface area contributed by atoms with Crippen molar-refractivity contribution < 1.29 is 14.3 Å². The van der Waals surface area contributed by atoms with Crippen molar-refractivity contribution in [1.82, 2.24) is 14.9 Å². The van der Waals surface area contributed by atoms with Crippen LogP contribution in [0.1, 0.15) is 18.4 Å². The third-order valence-corrected chi connectivity index (χ3v) is 4.06. The Morgan fingerprint density at radius 3 is 2.76 bits per heavy atom. The largest absolute Gasteiger partial charge is 0.480 e. The zero-order valence-corrected chi connectivity index (χ0v) is 14.4. The van der Waals surface area contributed by atoms with Crippen LogP contribution in [0.15, 0.2) is 36.7 Å². The van der Waals surface area contributed by atoms with Crippen LogP contribution in [0.3, 0.4) is 0 Å². The van der Waals surface area contributed by atoms with Crippen molar-refractivity contribution in [2.24, 2.45) is 0 Å². The van der Waals surface area contributed by atoms with Gasteiger partial charge in [-0.05, 0) is 31.9 Å². The minimum Gasteiger partial charge on any atom is -0.480 e. The topological polar surface area (TPSA) is 76.6 Å². The molecule has 1 aromatic heterocycles. The van der Waals surface area contributed by atoms with Crippen LogP contribution in [0.4, 0.5) is 10.5 Å². The second kappa shape index (κ2) is 7.83. The summed E-state index contributed by atoms with van der Waals surface area (Å²) in [4.78, 5) is 22.5. The van der Waals surface area contributed by atoms with E-state index in [1.54, 1.807) is 11.1 Å². The molecule has 7 nitrogen and oxygen atoms in total. The van der Waals surface area contributed by atoms with Crippen molar-refractivity contribution in [2.45, 2.75) is 25.9 Å². The van der Waals surface area contributed by atoms with Crippen molar-refractivity contribution in [3.63, 3.8) is 0 Å². The quantitative estimate of drug-likeness (QED) is 0.924. The summed E-state index contributed by atoms with van der Waals surface area (Å²) >= 11 is 0. The number of nitrogens with one attached hydrogen (secondary N) is 1. The summed E-state index contributed by atoms with van der Waals surface area (Å²) in [5.41, 5.74) is 1.95. The van der Waals surface area contributed by atoms with Gasteiger partial charge in [-0.15, -0.1) is 0 Å². The van der Waals surface area contributed by atoms with Gasteiger partial charge in [0.2, 0.25) is 11.8 Å². The summed E-state index contributed by atoms with van der Waals surface area (Å²) in [6, 6.07) is 7.63. The molecule has 1 aliphatic heterocycles. The van der Waals surface area contributed by atoms with E-state index in [9.17, 15) is 4.79 Å². The minimum absolute atomic E-state index is 0.112. The molecule has 7 heteroatoms. The van der Waals surface area contributed by atoms with E-state index in [1.807, 2.05) is 31.2 Å². The minimum atomic E-state index is -0.117. The first-order chi connectivity index (χ1) is 12.1. The maximum atomic E-state index is 12.5. The van der Waals surface area contributed by atoms with Gasteiger partial charge in [0.15, 0.2) is 0 Å². The van der Waals surface area contributed by atoms with Crippen LogP contribution in [0.25, 0.3) is 0 Å². The molecule has 0 saturated carbocycles. The first kappa shape index (κ1) is 17.0. The molecule has 1 aromatic carbocycles. The number of aromatic nitrogens is 2. The van der Waals surface area contributed by atoms with Gasteiger partial charge >= 0.3 is 6.03 Å². The van der Waals surface area contributed by atoms with Crippen LogP contribution in [0.5, 0.6) is 11.8 Å². The van der Waals surface area contributed by atoms with E-state index in [2.05, 4.69) is 15.3 Å². The van der Waals surface area contributed by atoms with Crippen LogP contribution in [-0.2, 0) is 0 Å². The lowest BCUT2D eigenvalue weighted by atomic mass is 10.1. The molecule has 0 spiro atoms. The average Bonchev–Trinajstić information content (AvgIpc) is 2.64. The molecule has 132 valence electrons.